The number of hydrogen-bond acceptors (Lipinski definition) is 4. The third-order valence-electron chi connectivity index (χ3n) is 2.13. The largest absolute Gasteiger partial charge is 0.480 e. The van der Waals surface area contributed by atoms with Crippen LogP contribution in [0.25, 0.3) is 0 Å². The number of aliphatic carboxylic acids is 1. The van der Waals surface area contributed by atoms with Gasteiger partial charge in [-0.25, -0.2) is 0 Å². The van der Waals surface area contributed by atoms with Gasteiger partial charge in [0.05, 0.1) is 7.11 Å². The van der Waals surface area contributed by atoms with Crippen LogP contribution in [0.5, 0.6) is 0 Å². The summed E-state index contributed by atoms with van der Waals surface area (Å²) < 4.78 is 4.48. The number of carbonyl (C=O) groups excluding carboxylic acids is 1. The summed E-state index contributed by atoms with van der Waals surface area (Å²) in [6, 6.07) is 0. The summed E-state index contributed by atoms with van der Waals surface area (Å²) in [5.41, 5.74) is -1.50. The van der Waals surface area contributed by atoms with Crippen molar-refractivity contribution in [2.75, 3.05) is 7.11 Å². The van der Waals surface area contributed by atoms with E-state index in [9.17, 15) is 9.59 Å². The van der Waals surface area contributed by atoms with Gasteiger partial charge < -0.3 is 9.84 Å². The molecule has 13 heavy (non-hydrogen) atoms. The molecule has 0 spiro atoms. The van der Waals surface area contributed by atoms with Crippen LogP contribution in [0, 0.1) is 5.41 Å². The maximum atomic E-state index is 11.3. The third kappa shape index (κ3) is 1.33. The van der Waals surface area contributed by atoms with Gasteiger partial charge in [-0.3, -0.25) is 9.59 Å². The maximum absolute atomic E-state index is 11.3. The van der Waals surface area contributed by atoms with Gasteiger partial charge in [-0.2, -0.15) is 0 Å². The molecule has 0 aliphatic carbocycles. The number of carboxylic acids is 1. The number of ether oxygens (including phenoxy) is 1. The molecule has 1 N–H and O–H groups in total. The Morgan fingerprint density at radius 1 is 1.62 bits per heavy atom. The maximum Gasteiger partial charge on any atom is 0.328 e. The summed E-state index contributed by atoms with van der Waals surface area (Å²) in [7, 11) is 1.19. The van der Waals surface area contributed by atoms with Crippen LogP contribution in [0.2, 0.25) is 0 Å². The summed E-state index contributed by atoms with van der Waals surface area (Å²) in [6.45, 7) is 1.69. The second-order valence-electron chi connectivity index (χ2n) is 2.75. The molecule has 0 bridgehead atoms. The van der Waals surface area contributed by atoms with Crippen LogP contribution in [0.15, 0.2) is 11.5 Å². The van der Waals surface area contributed by atoms with Crippen molar-refractivity contribution in [2.24, 2.45) is 5.41 Å². The Morgan fingerprint density at radius 2 is 2.23 bits per heavy atom. The molecule has 0 amide bonds. The van der Waals surface area contributed by atoms with Crippen LogP contribution >= 0.6 is 11.8 Å². The molecule has 72 valence electrons. The van der Waals surface area contributed by atoms with E-state index in [1.165, 1.54) is 24.9 Å². The number of hydrogen-bond donors (Lipinski definition) is 1. The smallest absolute Gasteiger partial charge is 0.328 e. The third-order valence-corrected chi connectivity index (χ3v) is 3.21. The molecule has 0 aromatic heterocycles. The second kappa shape index (κ2) is 3.41. The van der Waals surface area contributed by atoms with E-state index in [0.717, 1.165) is 0 Å². The molecule has 0 saturated carbocycles. The van der Waals surface area contributed by atoms with Gasteiger partial charge in [-0.05, 0) is 11.5 Å². The van der Waals surface area contributed by atoms with Gasteiger partial charge in [0.15, 0.2) is 5.41 Å². The standard InChI is InChI=1S/C8H10O4S/c1-5-8(6(9)10,3-4-13-5)7(11)12-2/h3-5H,1-2H3,(H,9,10). The van der Waals surface area contributed by atoms with Crippen molar-refractivity contribution in [1.29, 1.82) is 0 Å². The molecule has 2 atom stereocenters. The van der Waals surface area contributed by atoms with E-state index in [1.807, 2.05) is 0 Å². The first-order valence-corrected chi connectivity index (χ1v) is 4.65. The molecule has 5 heteroatoms. The van der Waals surface area contributed by atoms with E-state index >= 15 is 0 Å². The molecule has 0 aromatic rings. The highest BCUT2D eigenvalue weighted by Gasteiger charge is 2.52. The molecule has 0 radical (unpaired) electrons. The molecule has 2 unspecified atom stereocenters. The van der Waals surface area contributed by atoms with Crippen molar-refractivity contribution in [3.05, 3.63) is 11.5 Å². The lowest BCUT2D eigenvalue weighted by Gasteiger charge is -2.23. The first-order chi connectivity index (χ1) is 6.05. The van der Waals surface area contributed by atoms with Crippen molar-refractivity contribution in [2.45, 2.75) is 12.2 Å². The number of carboxylic acid groups (broad SMARTS) is 1. The first-order valence-electron chi connectivity index (χ1n) is 3.70. The predicted molar refractivity (Wildman–Crippen MR) is 48.3 cm³/mol. The van der Waals surface area contributed by atoms with Gasteiger partial charge in [-0.15, -0.1) is 11.8 Å². The summed E-state index contributed by atoms with van der Waals surface area (Å²) in [5.74, 6) is -1.87. The fraction of sp³-hybridized carbons (Fsp3) is 0.500. The molecular weight excluding hydrogens is 192 g/mol. The Bertz CT molecular complexity index is 273. The molecule has 0 fully saturated rings. The lowest BCUT2D eigenvalue weighted by Crippen LogP contribution is -2.43. The van der Waals surface area contributed by atoms with Crippen LogP contribution in [0.4, 0.5) is 0 Å². The van der Waals surface area contributed by atoms with E-state index in [-0.39, 0.29) is 5.25 Å². The van der Waals surface area contributed by atoms with Crippen LogP contribution in [0.3, 0.4) is 0 Å². The van der Waals surface area contributed by atoms with E-state index in [0.29, 0.717) is 0 Å². The molecule has 1 aliphatic rings. The Morgan fingerprint density at radius 3 is 2.54 bits per heavy atom. The van der Waals surface area contributed by atoms with Gasteiger partial charge >= 0.3 is 11.9 Å². The highest BCUT2D eigenvalue weighted by atomic mass is 32.2. The average Bonchev–Trinajstić information content (AvgIpc) is 2.47. The molecular formula is C8H10O4S. The van der Waals surface area contributed by atoms with Gasteiger partial charge in [0.25, 0.3) is 0 Å². The minimum Gasteiger partial charge on any atom is -0.480 e. The summed E-state index contributed by atoms with van der Waals surface area (Å²) in [4.78, 5) is 22.3. The van der Waals surface area contributed by atoms with Crippen LogP contribution < -0.4 is 0 Å². The molecule has 4 nitrogen and oxygen atoms in total. The van der Waals surface area contributed by atoms with Gasteiger partial charge in [0.1, 0.15) is 0 Å². The van der Waals surface area contributed by atoms with Gasteiger partial charge in [-0.1, -0.05) is 6.92 Å². The van der Waals surface area contributed by atoms with Gasteiger partial charge in [0.2, 0.25) is 0 Å². The number of methoxy groups -OCH3 is 1. The molecule has 0 aromatic carbocycles. The van der Waals surface area contributed by atoms with Gasteiger partial charge in [0, 0.05) is 5.25 Å². The van der Waals surface area contributed by atoms with E-state index in [2.05, 4.69) is 4.74 Å². The lowest BCUT2D eigenvalue weighted by molar-refractivity contribution is -0.162. The topological polar surface area (TPSA) is 63.6 Å². The highest BCUT2D eigenvalue weighted by Crippen LogP contribution is 2.41. The predicted octanol–water partition coefficient (Wildman–Crippen LogP) is 0.879. The van der Waals surface area contributed by atoms with E-state index < -0.39 is 17.4 Å². The highest BCUT2D eigenvalue weighted by molar-refractivity contribution is 8.03. The minimum atomic E-state index is -1.50. The zero-order valence-corrected chi connectivity index (χ0v) is 8.13. The Hall–Kier alpha value is -0.970. The monoisotopic (exact) mass is 202 g/mol. The van der Waals surface area contributed by atoms with Crippen LogP contribution in [0.1, 0.15) is 6.92 Å². The number of thioether (sulfide) groups is 1. The zero-order chi connectivity index (χ0) is 10.1. The molecule has 0 saturated heterocycles. The van der Waals surface area contributed by atoms with E-state index in [1.54, 1.807) is 12.3 Å². The first kappa shape index (κ1) is 10.1. The summed E-state index contributed by atoms with van der Waals surface area (Å²) in [5, 5.41) is 10.3. The zero-order valence-electron chi connectivity index (χ0n) is 7.31. The molecule has 1 heterocycles. The SMILES string of the molecule is COC(=O)C1(C(=O)O)C=CSC1C. The van der Waals surface area contributed by atoms with E-state index in [4.69, 9.17) is 5.11 Å². The quantitative estimate of drug-likeness (QED) is 0.532. The second-order valence-corrected chi connectivity index (χ2v) is 4.00. The number of esters is 1. The summed E-state index contributed by atoms with van der Waals surface area (Å²) in [6.07, 6.45) is 1.39. The fourth-order valence-corrected chi connectivity index (χ4v) is 2.26. The van der Waals surface area contributed by atoms with Crippen LogP contribution in [-0.2, 0) is 14.3 Å². The Kier molecular flexibility index (Phi) is 2.66. The van der Waals surface area contributed by atoms with Crippen molar-refractivity contribution < 1.29 is 19.4 Å². The van der Waals surface area contributed by atoms with Crippen molar-refractivity contribution in [3.8, 4) is 0 Å². The number of carbonyl (C=O) groups is 2. The number of rotatable bonds is 2. The Balaban J connectivity index is 3.08. The van der Waals surface area contributed by atoms with Crippen molar-refractivity contribution in [3.63, 3.8) is 0 Å². The normalized spacial score (nSPS) is 31.7. The lowest BCUT2D eigenvalue weighted by atomic mass is 9.85. The van der Waals surface area contributed by atoms with Crippen molar-refractivity contribution in [1.82, 2.24) is 0 Å². The fourth-order valence-electron chi connectivity index (χ4n) is 1.24. The minimum absolute atomic E-state index is 0.322. The Labute approximate surface area is 80.0 Å². The average molecular weight is 202 g/mol. The molecule has 1 aliphatic heterocycles. The van der Waals surface area contributed by atoms with Crippen molar-refractivity contribution >= 4 is 23.7 Å². The van der Waals surface area contributed by atoms with Crippen LogP contribution in [-0.4, -0.2) is 29.4 Å². The molecule has 1 rings (SSSR count). The summed E-state index contributed by atoms with van der Waals surface area (Å²) >= 11 is 1.31.